The van der Waals surface area contributed by atoms with Crippen LogP contribution in [-0.2, 0) is 16.0 Å². The predicted molar refractivity (Wildman–Crippen MR) is 64.9 cm³/mol. The van der Waals surface area contributed by atoms with E-state index in [9.17, 15) is 9.90 Å². The minimum atomic E-state index is -1.29. The summed E-state index contributed by atoms with van der Waals surface area (Å²) in [6.45, 7) is 2.52. The van der Waals surface area contributed by atoms with Crippen molar-refractivity contribution >= 4 is 21.9 Å². The van der Waals surface area contributed by atoms with E-state index in [1.807, 2.05) is 6.07 Å². The molecule has 0 aromatic heterocycles. The Morgan fingerprint density at radius 1 is 1.65 bits per heavy atom. The molecule has 0 fully saturated rings. The fraction of sp³-hybridized carbons (Fsp3) is 0.417. The molecule has 1 aliphatic rings. The third kappa shape index (κ3) is 2.45. The van der Waals surface area contributed by atoms with E-state index in [0.717, 1.165) is 16.5 Å². The number of carbonyl (C=O) groups is 1. The number of hydrogen-bond donors (Lipinski definition) is 1. The van der Waals surface area contributed by atoms with Crippen molar-refractivity contribution < 1.29 is 19.4 Å². The van der Waals surface area contributed by atoms with Gasteiger partial charge in [-0.2, -0.15) is 0 Å². The van der Waals surface area contributed by atoms with E-state index >= 15 is 0 Å². The molecular weight excluding hydrogens is 288 g/mol. The summed E-state index contributed by atoms with van der Waals surface area (Å²) in [5.41, 5.74) is 1.46. The van der Waals surface area contributed by atoms with Crippen LogP contribution in [0.1, 0.15) is 24.2 Å². The average molecular weight is 301 g/mol. The molecule has 1 aromatic carbocycles. The minimum absolute atomic E-state index is 0.243. The number of ether oxygens (including phenoxy) is 2. The van der Waals surface area contributed by atoms with Gasteiger partial charge in [0.1, 0.15) is 5.75 Å². The van der Waals surface area contributed by atoms with Crippen molar-refractivity contribution in [2.24, 2.45) is 0 Å². The van der Waals surface area contributed by atoms with Gasteiger partial charge in [-0.3, -0.25) is 0 Å². The van der Waals surface area contributed by atoms with Crippen molar-refractivity contribution in [1.82, 2.24) is 0 Å². The molecule has 2 rings (SSSR count). The van der Waals surface area contributed by atoms with Crippen molar-refractivity contribution in [2.75, 3.05) is 13.2 Å². The van der Waals surface area contributed by atoms with Gasteiger partial charge >= 0.3 is 5.97 Å². The lowest BCUT2D eigenvalue weighted by Crippen LogP contribution is -2.16. The standard InChI is InChI=1S/C12H13BrO4/c1-2-16-12(15)10(14)9-6-8(13)5-7-3-4-17-11(7)9/h5-6,10,14H,2-4H2,1H3. The highest BCUT2D eigenvalue weighted by Crippen LogP contribution is 2.36. The number of aliphatic hydroxyl groups excluding tert-OH is 1. The second-order valence-electron chi connectivity index (χ2n) is 3.74. The number of aliphatic hydroxyl groups is 1. The molecule has 1 unspecified atom stereocenters. The zero-order chi connectivity index (χ0) is 12.4. The van der Waals surface area contributed by atoms with Crippen LogP contribution in [0.5, 0.6) is 5.75 Å². The lowest BCUT2D eigenvalue weighted by molar-refractivity contribution is -0.153. The SMILES string of the molecule is CCOC(=O)C(O)c1cc(Br)cc2c1OCC2. The molecule has 0 amide bonds. The number of fused-ring (bicyclic) bond motifs is 1. The van der Waals surface area contributed by atoms with E-state index in [0.29, 0.717) is 17.9 Å². The van der Waals surface area contributed by atoms with Gasteiger partial charge in [-0.15, -0.1) is 0 Å². The third-order valence-corrected chi connectivity index (χ3v) is 3.04. The van der Waals surface area contributed by atoms with Crippen LogP contribution < -0.4 is 4.74 Å². The predicted octanol–water partition coefficient (Wildman–Crippen LogP) is 1.98. The number of benzene rings is 1. The first kappa shape index (κ1) is 12.4. The molecule has 1 aliphatic heterocycles. The van der Waals surface area contributed by atoms with Crippen LogP contribution in [0.2, 0.25) is 0 Å². The molecule has 5 heteroatoms. The molecule has 1 atom stereocenters. The molecule has 92 valence electrons. The smallest absolute Gasteiger partial charge is 0.339 e. The number of rotatable bonds is 3. The fourth-order valence-corrected chi connectivity index (χ4v) is 2.37. The normalized spacial score (nSPS) is 15.0. The van der Waals surface area contributed by atoms with Gasteiger partial charge in [0.05, 0.1) is 13.2 Å². The second-order valence-corrected chi connectivity index (χ2v) is 4.65. The van der Waals surface area contributed by atoms with Crippen molar-refractivity contribution in [3.63, 3.8) is 0 Å². The lowest BCUT2D eigenvalue weighted by Gasteiger charge is -2.14. The summed E-state index contributed by atoms with van der Waals surface area (Å²) in [5.74, 6) is -0.0444. The summed E-state index contributed by atoms with van der Waals surface area (Å²) in [6, 6.07) is 3.62. The Morgan fingerprint density at radius 2 is 2.41 bits per heavy atom. The Hall–Kier alpha value is -1.07. The van der Waals surface area contributed by atoms with E-state index < -0.39 is 12.1 Å². The van der Waals surface area contributed by atoms with Crippen molar-refractivity contribution in [2.45, 2.75) is 19.4 Å². The van der Waals surface area contributed by atoms with Crippen LogP contribution in [0.4, 0.5) is 0 Å². The van der Waals surface area contributed by atoms with Gasteiger partial charge in [0.15, 0.2) is 6.10 Å². The first-order chi connectivity index (χ1) is 8.13. The molecule has 0 radical (unpaired) electrons. The molecular formula is C12H13BrO4. The van der Waals surface area contributed by atoms with Gasteiger partial charge in [0, 0.05) is 16.5 Å². The van der Waals surface area contributed by atoms with Crippen LogP contribution in [0.15, 0.2) is 16.6 Å². The van der Waals surface area contributed by atoms with Gasteiger partial charge < -0.3 is 14.6 Å². The largest absolute Gasteiger partial charge is 0.493 e. The van der Waals surface area contributed by atoms with E-state index in [2.05, 4.69) is 15.9 Å². The second kappa shape index (κ2) is 5.06. The summed E-state index contributed by atoms with van der Waals surface area (Å²) in [7, 11) is 0. The molecule has 1 aromatic rings. The van der Waals surface area contributed by atoms with Gasteiger partial charge in [0.2, 0.25) is 0 Å². The first-order valence-corrected chi connectivity index (χ1v) is 6.22. The van der Waals surface area contributed by atoms with Gasteiger partial charge in [-0.1, -0.05) is 15.9 Å². The van der Waals surface area contributed by atoms with Crippen molar-refractivity contribution in [3.05, 3.63) is 27.7 Å². The van der Waals surface area contributed by atoms with E-state index in [-0.39, 0.29) is 6.61 Å². The number of hydrogen-bond acceptors (Lipinski definition) is 4. The molecule has 1 N–H and O–H groups in total. The summed E-state index contributed by atoms with van der Waals surface area (Å²) >= 11 is 3.35. The fourth-order valence-electron chi connectivity index (χ4n) is 1.85. The molecule has 17 heavy (non-hydrogen) atoms. The summed E-state index contributed by atoms with van der Waals surface area (Å²) in [5, 5.41) is 9.93. The molecule has 1 heterocycles. The topological polar surface area (TPSA) is 55.8 Å². The molecule has 0 aliphatic carbocycles. The summed E-state index contributed by atoms with van der Waals surface area (Å²) in [4.78, 5) is 11.5. The van der Waals surface area contributed by atoms with Crippen molar-refractivity contribution in [1.29, 1.82) is 0 Å². The molecule has 0 saturated heterocycles. The monoisotopic (exact) mass is 300 g/mol. The maximum atomic E-state index is 11.5. The van der Waals surface area contributed by atoms with Crippen LogP contribution in [-0.4, -0.2) is 24.3 Å². The maximum absolute atomic E-state index is 11.5. The number of halogens is 1. The van der Waals surface area contributed by atoms with Crippen LogP contribution in [0, 0.1) is 0 Å². The zero-order valence-corrected chi connectivity index (χ0v) is 11.0. The first-order valence-electron chi connectivity index (χ1n) is 5.43. The van der Waals surface area contributed by atoms with Crippen LogP contribution >= 0.6 is 15.9 Å². The maximum Gasteiger partial charge on any atom is 0.339 e. The van der Waals surface area contributed by atoms with Crippen LogP contribution in [0.25, 0.3) is 0 Å². The Labute approximate surface area is 108 Å². The van der Waals surface area contributed by atoms with Crippen LogP contribution in [0.3, 0.4) is 0 Å². The van der Waals surface area contributed by atoms with Gasteiger partial charge in [0.25, 0.3) is 0 Å². The minimum Gasteiger partial charge on any atom is -0.493 e. The molecule has 4 nitrogen and oxygen atoms in total. The van der Waals surface area contributed by atoms with E-state index in [4.69, 9.17) is 9.47 Å². The Bertz CT molecular complexity index is 444. The van der Waals surface area contributed by atoms with Gasteiger partial charge in [-0.05, 0) is 24.6 Å². The van der Waals surface area contributed by atoms with E-state index in [1.165, 1.54) is 0 Å². The molecule has 0 saturated carbocycles. The quantitative estimate of drug-likeness (QED) is 0.867. The average Bonchev–Trinajstić information content (AvgIpc) is 2.75. The highest BCUT2D eigenvalue weighted by atomic mass is 79.9. The zero-order valence-electron chi connectivity index (χ0n) is 9.40. The molecule has 0 spiro atoms. The van der Waals surface area contributed by atoms with E-state index in [1.54, 1.807) is 13.0 Å². The van der Waals surface area contributed by atoms with Gasteiger partial charge in [-0.25, -0.2) is 4.79 Å². The Kier molecular flexibility index (Phi) is 3.69. The number of carbonyl (C=O) groups excluding carboxylic acids is 1. The van der Waals surface area contributed by atoms with Crippen molar-refractivity contribution in [3.8, 4) is 5.75 Å². The summed E-state index contributed by atoms with van der Waals surface area (Å²) in [6.07, 6.45) is -0.503. The lowest BCUT2D eigenvalue weighted by atomic mass is 10.0. The summed E-state index contributed by atoms with van der Waals surface area (Å²) < 4.78 is 11.1. The highest BCUT2D eigenvalue weighted by Gasteiger charge is 2.27. The highest BCUT2D eigenvalue weighted by molar-refractivity contribution is 9.10. The Balaban J connectivity index is 2.35. The number of esters is 1. The molecule has 0 bridgehead atoms. The Morgan fingerprint density at radius 3 is 3.12 bits per heavy atom. The third-order valence-electron chi connectivity index (χ3n) is 2.58.